The quantitative estimate of drug-likeness (QED) is 0.704. The van der Waals surface area contributed by atoms with Crippen LogP contribution in [0.4, 0.5) is 0 Å². The molecule has 1 aromatic carbocycles. The number of halogens is 1. The number of nitrogens with two attached hydrogens (primary N) is 2. The highest BCUT2D eigenvalue weighted by Gasteiger charge is 2.20. The van der Waals surface area contributed by atoms with Crippen molar-refractivity contribution in [3.05, 3.63) is 22.2 Å². The smallest absolute Gasteiger partial charge is 0.252 e. The molecule has 0 aliphatic rings. The second kappa shape index (κ2) is 3.80. The number of hydrogen-bond acceptors (Lipinski definition) is 4. The van der Waals surface area contributed by atoms with Gasteiger partial charge in [-0.25, -0.2) is 13.6 Å². The zero-order chi connectivity index (χ0) is 11.8. The normalized spacial score (nSPS) is 11.3. The standard InChI is InChI=1S/C7H7BrN2O4S/c8-3-1-4(7(9)12)6(11)5(2-3)15(10,13)14/h1-2,11H,(H2,9,12)(H2,10,13,14). The summed E-state index contributed by atoms with van der Waals surface area (Å²) in [5.74, 6) is -1.69. The van der Waals surface area contributed by atoms with Gasteiger partial charge < -0.3 is 10.8 Å². The van der Waals surface area contributed by atoms with E-state index in [2.05, 4.69) is 15.9 Å². The summed E-state index contributed by atoms with van der Waals surface area (Å²) in [6.07, 6.45) is 0. The van der Waals surface area contributed by atoms with Gasteiger partial charge in [-0.3, -0.25) is 4.79 Å². The number of aromatic hydroxyl groups is 1. The minimum absolute atomic E-state index is 0.276. The molecule has 5 N–H and O–H groups in total. The summed E-state index contributed by atoms with van der Waals surface area (Å²) in [6.45, 7) is 0. The number of benzene rings is 1. The van der Waals surface area contributed by atoms with Gasteiger partial charge in [0.05, 0.1) is 5.56 Å². The molecule has 8 heteroatoms. The molecule has 0 unspecified atom stereocenters. The lowest BCUT2D eigenvalue weighted by Crippen LogP contribution is -2.16. The van der Waals surface area contributed by atoms with Crippen LogP contribution in [0, 0.1) is 0 Å². The van der Waals surface area contributed by atoms with Gasteiger partial charge in [0.2, 0.25) is 10.0 Å². The van der Waals surface area contributed by atoms with Crippen molar-refractivity contribution in [3.8, 4) is 5.75 Å². The van der Waals surface area contributed by atoms with E-state index in [0.717, 1.165) is 6.07 Å². The number of rotatable bonds is 2. The van der Waals surface area contributed by atoms with Crippen molar-refractivity contribution in [2.24, 2.45) is 10.9 Å². The van der Waals surface area contributed by atoms with Crippen molar-refractivity contribution in [1.82, 2.24) is 0 Å². The van der Waals surface area contributed by atoms with E-state index < -0.39 is 26.6 Å². The first-order valence-electron chi connectivity index (χ1n) is 3.58. The summed E-state index contributed by atoms with van der Waals surface area (Å²) in [4.78, 5) is 10.3. The third-order valence-corrected chi connectivity index (χ3v) is 2.99. The number of amides is 1. The van der Waals surface area contributed by atoms with Crippen LogP contribution in [0.25, 0.3) is 0 Å². The summed E-state index contributed by atoms with van der Waals surface area (Å²) in [5.41, 5.74) is 4.63. The predicted molar refractivity (Wildman–Crippen MR) is 55.7 cm³/mol. The summed E-state index contributed by atoms with van der Waals surface area (Å²) < 4.78 is 22.3. The van der Waals surface area contributed by atoms with E-state index in [1.54, 1.807) is 0 Å². The number of phenols is 1. The molecule has 0 aliphatic heterocycles. The third-order valence-electron chi connectivity index (χ3n) is 1.61. The van der Waals surface area contributed by atoms with E-state index in [1.807, 2.05) is 0 Å². The first kappa shape index (κ1) is 12.0. The molecule has 6 nitrogen and oxygen atoms in total. The van der Waals surface area contributed by atoms with Gasteiger partial charge in [0.15, 0.2) is 0 Å². The molecule has 0 radical (unpaired) electrons. The van der Waals surface area contributed by atoms with E-state index >= 15 is 0 Å². The van der Waals surface area contributed by atoms with Gasteiger partial charge in [0.1, 0.15) is 10.6 Å². The van der Waals surface area contributed by atoms with Crippen molar-refractivity contribution >= 4 is 31.9 Å². The predicted octanol–water partition coefficient (Wildman–Crippen LogP) is -0.0990. The molecule has 0 fully saturated rings. The lowest BCUT2D eigenvalue weighted by atomic mass is 10.2. The van der Waals surface area contributed by atoms with Crippen molar-refractivity contribution in [3.63, 3.8) is 0 Å². The maximum Gasteiger partial charge on any atom is 0.252 e. The number of carbonyl (C=O) groups excluding carboxylic acids is 1. The monoisotopic (exact) mass is 294 g/mol. The van der Waals surface area contributed by atoms with Crippen LogP contribution in [0.3, 0.4) is 0 Å². The van der Waals surface area contributed by atoms with Crippen LogP contribution >= 0.6 is 15.9 Å². The maximum atomic E-state index is 11.0. The van der Waals surface area contributed by atoms with Crippen LogP contribution in [0.2, 0.25) is 0 Å². The largest absolute Gasteiger partial charge is 0.506 e. The van der Waals surface area contributed by atoms with Gasteiger partial charge in [0, 0.05) is 4.47 Å². The molecular weight excluding hydrogens is 288 g/mol. The average Bonchev–Trinajstić information content (AvgIpc) is 2.06. The zero-order valence-electron chi connectivity index (χ0n) is 7.27. The van der Waals surface area contributed by atoms with Crippen molar-refractivity contribution in [2.45, 2.75) is 4.90 Å². The Morgan fingerprint density at radius 3 is 2.33 bits per heavy atom. The van der Waals surface area contributed by atoms with Gasteiger partial charge in [-0.1, -0.05) is 15.9 Å². The van der Waals surface area contributed by atoms with Crippen molar-refractivity contribution < 1.29 is 18.3 Å². The SMILES string of the molecule is NC(=O)c1cc(Br)cc(S(N)(=O)=O)c1O. The van der Waals surface area contributed by atoms with Crippen LogP contribution in [0.5, 0.6) is 5.75 Å². The fraction of sp³-hybridized carbons (Fsp3) is 0. The van der Waals surface area contributed by atoms with E-state index in [-0.39, 0.29) is 10.0 Å². The van der Waals surface area contributed by atoms with E-state index in [1.165, 1.54) is 6.07 Å². The van der Waals surface area contributed by atoms with Gasteiger partial charge in [0.25, 0.3) is 5.91 Å². The maximum absolute atomic E-state index is 11.0. The molecule has 0 heterocycles. The molecule has 82 valence electrons. The molecule has 0 saturated heterocycles. The van der Waals surface area contributed by atoms with Gasteiger partial charge in [-0.05, 0) is 12.1 Å². The highest BCUT2D eigenvalue weighted by Crippen LogP contribution is 2.29. The third kappa shape index (κ3) is 2.46. The molecule has 0 aliphatic carbocycles. The lowest BCUT2D eigenvalue weighted by Gasteiger charge is -2.06. The average molecular weight is 295 g/mol. The highest BCUT2D eigenvalue weighted by atomic mass is 79.9. The minimum atomic E-state index is -4.10. The van der Waals surface area contributed by atoms with Crippen LogP contribution in [0.1, 0.15) is 10.4 Å². The first-order valence-corrected chi connectivity index (χ1v) is 5.92. The Morgan fingerprint density at radius 1 is 1.40 bits per heavy atom. The van der Waals surface area contributed by atoms with E-state index in [4.69, 9.17) is 10.9 Å². The Hall–Kier alpha value is -1.12. The molecule has 1 aromatic rings. The van der Waals surface area contributed by atoms with Crippen LogP contribution < -0.4 is 10.9 Å². The fourth-order valence-corrected chi connectivity index (χ4v) is 2.26. The van der Waals surface area contributed by atoms with Gasteiger partial charge in [-0.2, -0.15) is 0 Å². The van der Waals surface area contributed by atoms with Crippen molar-refractivity contribution in [1.29, 1.82) is 0 Å². The highest BCUT2D eigenvalue weighted by molar-refractivity contribution is 9.10. The zero-order valence-corrected chi connectivity index (χ0v) is 9.67. The number of hydrogen-bond donors (Lipinski definition) is 3. The molecular formula is C7H7BrN2O4S. The van der Waals surface area contributed by atoms with Crippen LogP contribution in [-0.4, -0.2) is 19.4 Å². The topological polar surface area (TPSA) is 123 Å². The Balaban J connectivity index is 3.63. The molecule has 1 amide bonds. The van der Waals surface area contributed by atoms with Crippen molar-refractivity contribution in [2.75, 3.05) is 0 Å². The molecule has 15 heavy (non-hydrogen) atoms. The molecule has 0 saturated carbocycles. The summed E-state index contributed by atoms with van der Waals surface area (Å²) in [6, 6.07) is 2.28. The molecule has 0 bridgehead atoms. The van der Waals surface area contributed by atoms with Gasteiger partial charge >= 0.3 is 0 Å². The Bertz CT molecular complexity index is 526. The second-order valence-corrected chi connectivity index (χ2v) is 5.15. The molecule has 0 aromatic heterocycles. The fourth-order valence-electron chi connectivity index (χ4n) is 0.979. The number of primary sulfonamides is 1. The van der Waals surface area contributed by atoms with Crippen LogP contribution in [-0.2, 0) is 10.0 Å². The Labute approximate surface area is 94.1 Å². The number of carbonyl (C=O) groups is 1. The van der Waals surface area contributed by atoms with E-state index in [9.17, 15) is 18.3 Å². The Kier molecular flexibility index (Phi) is 3.03. The second-order valence-electron chi connectivity index (χ2n) is 2.71. The number of sulfonamides is 1. The summed E-state index contributed by atoms with van der Waals surface area (Å²) in [7, 11) is -4.10. The van der Waals surface area contributed by atoms with E-state index in [0.29, 0.717) is 0 Å². The molecule has 0 spiro atoms. The van der Waals surface area contributed by atoms with Crippen LogP contribution in [0.15, 0.2) is 21.5 Å². The number of primary amides is 1. The summed E-state index contributed by atoms with van der Waals surface area (Å²) >= 11 is 2.97. The van der Waals surface area contributed by atoms with Gasteiger partial charge in [-0.15, -0.1) is 0 Å². The lowest BCUT2D eigenvalue weighted by molar-refractivity contribution is 0.0997. The molecule has 0 atom stereocenters. The first-order chi connectivity index (χ1) is 6.73. The minimum Gasteiger partial charge on any atom is -0.506 e. The Morgan fingerprint density at radius 2 is 1.93 bits per heavy atom. The molecule has 1 rings (SSSR count). The summed E-state index contributed by atoms with van der Waals surface area (Å²) in [5, 5.41) is 14.3.